The Balaban J connectivity index is 1.70. The van der Waals surface area contributed by atoms with E-state index in [1.807, 2.05) is 31.2 Å². The Labute approximate surface area is 184 Å². The molecule has 0 fully saturated rings. The van der Waals surface area contributed by atoms with Crippen molar-refractivity contribution in [3.63, 3.8) is 0 Å². The minimum atomic E-state index is -1.98. The van der Waals surface area contributed by atoms with Crippen molar-refractivity contribution in [2.45, 2.75) is 25.5 Å². The molecule has 0 aromatic heterocycles. The van der Waals surface area contributed by atoms with Crippen LogP contribution in [0, 0.1) is 6.92 Å². The van der Waals surface area contributed by atoms with Gasteiger partial charge in [-0.3, -0.25) is 9.59 Å². The van der Waals surface area contributed by atoms with Crippen LogP contribution in [0.4, 0.5) is 5.69 Å². The second kappa shape index (κ2) is 7.88. The molecule has 4 nitrogen and oxygen atoms in total. The van der Waals surface area contributed by atoms with E-state index in [0.717, 1.165) is 11.1 Å². The molecule has 0 unspecified atom stereocenters. The van der Waals surface area contributed by atoms with Gasteiger partial charge in [-0.25, -0.2) is 0 Å². The lowest BCUT2D eigenvalue weighted by Gasteiger charge is -2.23. The van der Waals surface area contributed by atoms with E-state index in [1.54, 1.807) is 42.5 Å². The van der Waals surface area contributed by atoms with E-state index in [-0.39, 0.29) is 18.7 Å². The summed E-state index contributed by atoms with van der Waals surface area (Å²) in [6, 6.07) is 19.1. The van der Waals surface area contributed by atoms with E-state index in [4.69, 9.17) is 23.2 Å². The molecule has 1 N–H and O–H groups in total. The Morgan fingerprint density at radius 1 is 0.967 bits per heavy atom. The lowest BCUT2D eigenvalue weighted by atomic mass is 9.88. The van der Waals surface area contributed by atoms with Crippen LogP contribution in [0.3, 0.4) is 0 Å². The second-order valence-electron chi connectivity index (χ2n) is 7.51. The molecule has 4 rings (SSSR count). The number of hydrogen-bond donors (Lipinski definition) is 1. The fraction of sp³-hybridized carbons (Fsp3) is 0.167. The van der Waals surface area contributed by atoms with Crippen molar-refractivity contribution in [1.29, 1.82) is 0 Å². The molecule has 152 valence electrons. The maximum absolute atomic E-state index is 13.3. The molecular weight excluding hydrogens is 421 g/mol. The number of aliphatic hydroxyl groups is 1. The van der Waals surface area contributed by atoms with Crippen molar-refractivity contribution in [3.05, 3.63) is 99.0 Å². The van der Waals surface area contributed by atoms with Crippen molar-refractivity contribution in [2.75, 3.05) is 4.90 Å². The van der Waals surface area contributed by atoms with Crippen LogP contribution in [0.15, 0.2) is 66.7 Å². The van der Waals surface area contributed by atoms with Gasteiger partial charge in [-0.1, -0.05) is 53.0 Å². The van der Waals surface area contributed by atoms with Crippen LogP contribution in [0.5, 0.6) is 0 Å². The molecular formula is C24H19Cl2NO3. The van der Waals surface area contributed by atoms with Gasteiger partial charge in [-0.15, -0.1) is 0 Å². The first-order chi connectivity index (χ1) is 14.3. The van der Waals surface area contributed by atoms with E-state index >= 15 is 0 Å². The van der Waals surface area contributed by atoms with Crippen LogP contribution in [-0.2, 0) is 16.9 Å². The third kappa shape index (κ3) is 3.74. The maximum atomic E-state index is 13.3. The van der Waals surface area contributed by atoms with Crippen molar-refractivity contribution in [1.82, 2.24) is 0 Å². The smallest absolute Gasteiger partial charge is 0.264 e. The fourth-order valence-electron chi connectivity index (χ4n) is 3.70. The van der Waals surface area contributed by atoms with Gasteiger partial charge in [-0.05, 0) is 55.0 Å². The SMILES string of the molecule is Cc1ccc(CN2C(=O)[C@](O)(CC(=O)c3ccc(Cl)cc3)c3cc(Cl)ccc32)cc1. The van der Waals surface area contributed by atoms with E-state index in [1.165, 1.54) is 4.90 Å². The first kappa shape index (κ1) is 20.6. The zero-order valence-electron chi connectivity index (χ0n) is 16.2. The molecule has 0 saturated carbocycles. The fourth-order valence-corrected chi connectivity index (χ4v) is 3.99. The molecule has 6 heteroatoms. The number of fused-ring (bicyclic) bond motifs is 1. The number of amides is 1. The predicted molar refractivity (Wildman–Crippen MR) is 118 cm³/mol. The quantitative estimate of drug-likeness (QED) is 0.548. The number of ketones is 1. The second-order valence-corrected chi connectivity index (χ2v) is 8.38. The van der Waals surface area contributed by atoms with E-state index in [0.29, 0.717) is 26.9 Å². The number of rotatable bonds is 5. The summed E-state index contributed by atoms with van der Waals surface area (Å²) in [5, 5.41) is 12.3. The summed E-state index contributed by atoms with van der Waals surface area (Å²) in [5.74, 6) is -0.895. The number of halogens is 2. The summed E-state index contributed by atoms with van der Waals surface area (Å²) in [4.78, 5) is 27.7. The van der Waals surface area contributed by atoms with E-state index in [2.05, 4.69) is 0 Å². The Hall–Kier alpha value is -2.66. The minimum Gasteiger partial charge on any atom is -0.375 e. The van der Waals surface area contributed by atoms with Crippen LogP contribution in [0.25, 0.3) is 0 Å². The number of aryl methyl sites for hydroxylation is 1. The molecule has 0 saturated heterocycles. The number of carbonyl (C=O) groups is 2. The number of hydrogen-bond acceptors (Lipinski definition) is 3. The standard InChI is InChI=1S/C24H19Cl2NO3/c1-15-2-4-16(5-3-15)14-27-21-11-10-19(26)12-20(21)24(30,23(27)29)13-22(28)17-6-8-18(25)9-7-17/h2-12,30H,13-14H2,1H3/t24-/m0/s1. The van der Waals surface area contributed by atoms with E-state index < -0.39 is 11.5 Å². The van der Waals surface area contributed by atoms with Crippen molar-refractivity contribution < 1.29 is 14.7 Å². The number of carbonyl (C=O) groups excluding carboxylic acids is 2. The normalized spacial score (nSPS) is 17.9. The number of benzene rings is 3. The highest BCUT2D eigenvalue weighted by molar-refractivity contribution is 6.31. The van der Waals surface area contributed by atoms with Gasteiger partial charge in [-0.2, -0.15) is 0 Å². The Morgan fingerprint density at radius 3 is 2.27 bits per heavy atom. The van der Waals surface area contributed by atoms with Gasteiger partial charge in [0.15, 0.2) is 11.4 Å². The zero-order valence-corrected chi connectivity index (χ0v) is 17.7. The van der Waals surface area contributed by atoms with E-state index in [9.17, 15) is 14.7 Å². The van der Waals surface area contributed by atoms with Gasteiger partial charge >= 0.3 is 0 Å². The molecule has 0 aliphatic carbocycles. The molecule has 1 heterocycles. The molecule has 3 aromatic rings. The van der Waals surface area contributed by atoms with Gasteiger partial charge in [0, 0.05) is 21.2 Å². The average molecular weight is 440 g/mol. The Bertz CT molecular complexity index is 1130. The van der Waals surface area contributed by atoms with Gasteiger partial charge < -0.3 is 10.0 Å². The molecule has 30 heavy (non-hydrogen) atoms. The molecule has 3 aromatic carbocycles. The molecule has 1 aliphatic heterocycles. The first-order valence-electron chi connectivity index (χ1n) is 9.46. The summed E-state index contributed by atoms with van der Waals surface area (Å²) >= 11 is 12.0. The Morgan fingerprint density at radius 2 is 1.60 bits per heavy atom. The number of nitrogens with zero attached hydrogens (tertiary/aromatic N) is 1. The van der Waals surface area contributed by atoms with Gasteiger partial charge in [0.25, 0.3) is 5.91 Å². The summed E-state index contributed by atoms with van der Waals surface area (Å²) in [6.45, 7) is 2.27. The van der Waals surface area contributed by atoms with Crippen LogP contribution in [0.2, 0.25) is 10.0 Å². The summed E-state index contributed by atoms with van der Waals surface area (Å²) < 4.78 is 0. The highest BCUT2D eigenvalue weighted by atomic mass is 35.5. The zero-order chi connectivity index (χ0) is 21.5. The maximum Gasteiger partial charge on any atom is 0.264 e. The topological polar surface area (TPSA) is 57.6 Å². The predicted octanol–water partition coefficient (Wildman–Crippen LogP) is 5.31. The molecule has 0 radical (unpaired) electrons. The van der Waals surface area contributed by atoms with Crippen LogP contribution >= 0.6 is 23.2 Å². The van der Waals surface area contributed by atoms with Gasteiger partial charge in [0.05, 0.1) is 18.7 Å². The monoisotopic (exact) mass is 439 g/mol. The molecule has 1 atom stereocenters. The highest BCUT2D eigenvalue weighted by Gasteiger charge is 2.51. The molecule has 1 amide bonds. The number of anilines is 1. The molecule has 0 bridgehead atoms. The lowest BCUT2D eigenvalue weighted by Crippen LogP contribution is -2.41. The molecule has 0 spiro atoms. The Kier molecular flexibility index (Phi) is 5.41. The van der Waals surface area contributed by atoms with Crippen molar-refractivity contribution in [3.8, 4) is 0 Å². The summed E-state index contributed by atoms with van der Waals surface area (Å²) in [6.07, 6.45) is -0.384. The third-order valence-corrected chi connectivity index (χ3v) is 5.82. The minimum absolute atomic E-state index is 0.283. The summed E-state index contributed by atoms with van der Waals surface area (Å²) in [7, 11) is 0. The molecule has 1 aliphatic rings. The highest BCUT2D eigenvalue weighted by Crippen LogP contribution is 2.44. The van der Waals surface area contributed by atoms with Crippen molar-refractivity contribution >= 4 is 40.6 Å². The average Bonchev–Trinajstić information content (AvgIpc) is 2.91. The first-order valence-corrected chi connectivity index (χ1v) is 10.2. The lowest BCUT2D eigenvalue weighted by molar-refractivity contribution is -0.136. The third-order valence-electron chi connectivity index (χ3n) is 5.34. The summed E-state index contributed by atoms with van der Waals surface area (Å²) in [5.41, 5.74) is 1.32. The van der Waals surface area contributed by atoms with Crippen molar-refractivity contribution in [2.24, 2.45) is 0 Å². The largest absolute Gasteiger partial charge is 0.375 e. The number of Topliss-reactive ketones (excluding diaryl/α,β-unsaturated/α-hetero) is 1. The van der Waals surface area contributed by atoms with Crippen LogP contribution in [-0.4, -0.2) is 16.8 Å². The van der Waals surface area contributed by atoms with Gasteiger partial charge in [0.2, 0.25) is 0 Å². The van der Waals surface area contributed by atoms with Crippen LogP contribution < -0.4 is 4.90 Å². The van der Waals surface area contributed by atoms with Crippen LogP contribution in [0.1, 0.15) is 33.5 Å². The van der Waals surface area contributed by atoms with Gasteiger partial charge in [0.1, 0.15) is 0 Å².